The van der Waals surface area contributed by atoms with Crippen molar-refractivity contribution in [3.63, 3.8) is 0 Å². The molecule has 2 atom stereocenters. The van der Waals surface area contributed by atoms with Crippen LogP contribution < -0.4 is 5.32 Å². The normalized spacial score (nSPS) is 13.1. The fourth-order valence-corrected chi connectivity index (χ4v) is 2.63. The zero-order valence-corrected chi connectivity index (χ0v) is 15.5. The molecule has 0 aromatic heterocycles. The van der Waals surface area contributed by atoms with E-state index < -0.39 is 12.1 Å². The van der Waals surface area contributed by atoms with Gasteiger partial charge in [0.25, 0.3) is 5.91 Å². The highest BCUT2D eigenvalue weighted by Crippen LogP contribution is 2.18. The van der Waals surface area contributed by atoms with E-state index >= 15 is 0 Å². The predicted molar refractivity (Wildman–Crippen MR) is 103 cm³/mol. The number of benzene rings is 2. The van der Waals surface area contributed by atoms with Crippen LogP contribution in [0.15, 0.2) is 60.7 Å². The Balaban J connectivity index is 1.83. The highest BCUT2D eigenvalue weighted by atomic mass is 19.1. The molecule has 2 aromatic carbocycles. The lowest BCUT2D eigenvalue weighted by atomic mass is 9.96. The van der Waals surface area contributed by atoms with Crippen molar-refractivity contribution in [3.8, 4) is 0 Å². The second-order valence-corrected chi connectivity index (χ2v) is 6.23. The van der Waals surface area contributed by atoms with Crippen LogP contribution >= 0.6 is 0 Å². The molecule has 0 radical (unpaired) electrons. The number of carbonyl (C=O) groups excluding carboxylic acids is 2. The summed E-state index contributed by atoms with van der Waals surface area (Å²) in [6.45, 7) is 4.05. The number of rotatable bonds is 8. The Bertz CT molecular complexity index is 789. The van der Waals surface area contributed by atoms with Crippen LogP contribution in [0.3, 0.4) is 0 Å². The van der Waals surface area contributed by atoms with E-state index in [1.807, 2.05) is 30.3 Å². The van der Waals surface area contributed by atoms with Gasteiger partial charge in [-0.15, -0.1) is 0 Å². The average molecular weight is 369 g/mol. The molecule has 142 valence electrons. The van der Waals surface area contributed by atoms with Crippen molar-refractivity contribution in [2.24, 2.45) is 0 Å². The summed E-state index contributed by atoms with van der Waals surface area (Å²) >= 11 is 0. The number of amides is 1. The maximum absolute atomic E-state index is 13.1. The van der Waals surface area contributed by atoms with Crippen LogP contribution in [0.5, 0.6) is 0 Å². The Labute approximate surface area is 159 Å². The predicted octanol–water partition coefficient (Wildman–Crippen LogP) is 4.08. The number of hydrogen-bond donors (Lipinski definition) is 1. The van der Waals surface area contributed by atoms with Gasteiger partial charge in [-0.2, -0.15) is 0 Å². The lowest BCUT2D eigenvalue weighted by Crippen LogP contribution is -2.37. The molecular formula is C22H24FNO3. The number of esters is 1. The minimum Gasteiger partial charge on any atom is -0.449 e. The van der Waals surface area contributed by atoms with Crippen molar-refractivity contribution in [3.05, 3.63) is 77.6 Å². The zero-order chi connectivity index (χ0) is 19.6. The van der Waals surface area contributed by atoms with Crippen molar-refractivity contribution in [2.75, 3.05) is 6.54 Å². The van der Waals surface area contributed by atoms with E-state index in [2.05, 4.69) is 12.2 Å². The van der Waals surface area contributed by atoms with Gasteiger partial charge in [-0.25, -0.2) is 9.18 Å². The number of hydrogen-bond acceptors (Lipinski definition) is 3. The molecule has 1 N–H and O–H groups in total. The topological polar surface area (TPSA) is 55.4 Å². The summed E-state index contributed by atoms with van der Waals surface area (Å²) in [6, 6.07) is 15.8. The first-order chi connectivity index (χ1) is 13.0. The third-order valence-corrected chi connectivity index (χ3v) is 4.21. The second-order valence-electron chi connectivity index (χ2n) is 6.23. The molecule has 2 rings (SSSR count). The smallest absolute Gasteiger partial charge is 0.331 e. The van der Waals surface area contributed by atoms with Crippen LogP contribution in [0.25, 0.3) is 6.08 Å². The monoisotopic (exact) mass is 369 g/mol. The SMILES string of the molecule is CC[C@@H](CNC(=O)[C@@H](C)OC(=O)/C=C/c1cccc(F)c1)c1ccccc1. The van der Waals surface area contributed by atoms with Gasteiger partial charge in [0.05, 0.1) is 0 Å². The minimum absolute atomic E-state index is 0.200. The third kappa shape index (κ3) is 6.70. The first kappa shape index (κ1) is 20.4. The summed E-state index contributed by atoms with van der Waals surface area (Å²) < 4.78 is 18.2. The van der Waals surface area contributed by atoms with Crippen molar-refractivity contribution in [1.29, 1.82) is 0 Å². The maximum atomic E-state index is 13.1. The van der Waals surface area contributed by atoms with Gasteiger partial charge in [0.2, 0.25) is 0 Å². The van der Waals surface area contributed by atoms with Crippen LogP contribution in [-0.4, -0.2) is 24.5 Å². The van der Waals surface area contributed by atoms with Gasteiger partial charge in [-0.1, -0.05) is 49.4 Å². The van der Waals surface area contributed by atoms with E-state index in [1.165, 1.54) is 31.2 Å². The molecule has 0 aliphatic carbocycles. The van der Waals surface area contributed by atoms with Crippen molar-refractivity contribution in [2.45, 2.75) is 32.3 Å². The number of ether oxygens (including phenoxy) is 1. The summed E-state index contributed by atoms with van der Waals surface area (Å²) in [5.41, 5.74) is 1.70. The number of nitrogens with one attached hydrogen (secondary N) is 1. The quantitative estimate of drug-likeness (QED) is 0.563. The summed E-state index contributed by atoms with van der Waals surface area (Å²) in [6.07, 6.45) is 2.59. The van der Waals surface area contributed by atoms with E-state index in [0.717, 1.165) is 12.0 Å². The van der Waals surface area contributed by atoms with Crippen LogP contribution in [-0.2, 0) is 14.3 Å². The molecule has 0 saturated carbocycles. The van der Waals surface area contributed by atoms with Gasteiger partial charge in [0.15, 0.2) is 6.10 Å². The molecule has 0 unspecified atom stereocenters. The molecule has 0 heterocycles. The summed E-state index contributed by atoms with van der Waals surface area (Å²) in [5, 5.41) is 2.83. The van der Waals surface area contributed by atoms with E-state index in [-0.39, 0.29) is 17.6 Å². The summed E-state index contributed by atoms with van der Waals surface area (Å²) in [4.78, 5) is 24.0. The van der Waals surface area contributed by atoms with Gasteiger partial charge in [-0.3, -0.25) is 4.79 Å². The van der Waals surface area contributed by atoms with Crippen LogP contribution in [0.4, 0.5) is 4.39 Å². The van der Waals surface area contributed by atoms with Gasteiger partial charge >= 0.3 is 5.97 Å². The van der Waals surface area contributed by atoms with Crippen LogP contribution in [0, 0.1) is 5.82 Å². The lowest BCUT2D eigenvalue weighted by Gasteiger charge is -2.18. The molecule has 1 amide bonds. The number of halogens is 1. The Morgan fingerprint density at radius 2 is 1.89 bits per heavy atom. The molecule has 0 bridgehead atoms. The molecule has 0 aliphatic rings. The molecule has 0 aliphatic heterocycles. The second kappa shape index (κ2) is 10.3. The molecule has 4 nitrogen and oxygen atoms in total. The largest absolute Gasteiger partial charge is 0.449 e. The molecule has 5 heteroatoms. The first-order valence-electron chi connectivity index (χ1n) is 8.96. The van der Waals surface area contributed by atoms with Gasteiger partial charge in [-0.05, 0) is 42.7 Å². The third-order valence-electron chi connectivity index (χ3n) is 4.21. The summed E-state index contributed by atoms with van der Waals surface area (Å²) in [5.74, 6) is -1.19. The highest BCUT2D eigenvalue weighted by Gasteiger charge is 2.18. The standard InChI is InChI=1S/C22H24FNO3/c1-3-18(19-9-5-4-6-10-19)15-24-22(26)16(2)27-21(25)13-12-17-8-7-11-20(23)14-17/h4-14,16,18H,3,15H2,1-2H3,(H,24,26)/b13-12+/t16-,18+/m1/s1. The lowest BCUT2D eigenvalue weighted by molar-refractivity contribution is -0.150. The maximum Gasteiger partial charge on any atom is 0.331 e. The van der Waals surface area contributed by atoms with Crippen molar-refractivity contribution >= 4 is 18.0 Å². The highest BCUT2D eigenvalue weighted by molar-refractivity contribution is 5.90. The van der Waals surface area contributed by atoms with Crippen LogP contribution in [0.2, 0.25) is 0 Å². The van der Waals surface area contributed by atoms with Gasteiger partial charge in [0.1, 0.15) is 5.82 Å². The Morgan fingerprint density at radius 1 is 1.15 bits per heavy atom. The van der Waals surface area contributed by atoms with Gasteiger partial charge in [0, 0.05) is 18.5 Å². The first-order valence-corrected chi connectivity index (χ1v) is 8.96. The Morgan fingerprint density at radius 3 is 2.56 bits per heavy atom. The average Bonchev–Trinajstić information content (AvgIpc) is 2.67. The van der Waals surface area contributed by atoms with E-state index in [1.54, 1.807) is 12.1 Å². The van der Waals surface area contributed by atoms with E-state index in [0.29, 0.717) is 12.1 Å². The minimum atomic E-state index is -0.914. The van der Waals surface area contributed by atoms with Crippen molar-refractivity contribution in [1.82, 2.24) is 5.32 Å². The molecule has 2 aromatic rings. The van der Waals surface area contributed by atoms with Crippen molar-refractivity contribution < 1.29 is 18.7 Å². The van der Waals surface area contributed by atoms with Gasteiger partial charge < -0.3 is 10.1 Å². The fourth-order valence-electron chi connectivity index (χ4n) is 2.63. The Hall–Kier alpha value is -2.95. The van der Waals surface area contributed by atoms with Crippen LogP contribution in [0.1, 0.15) is 37.3 Å². The molecule has 0 saturated heterocycles. The Kier molecular flexibility index (Phi) is 7.74. The fraction of sp³-hybridized carbons (Fsp3) is 0.273. The molecular weight excluding hydrogens is 345 g/mol. The molecule has 0 fully saturated rings. The van der Waals surface area contributed by atoms with E-state index in [9.17, 15) is 14.0 Å². The van der Waals surface area contributed by atoms with E-state index in [4.69, 9.17) is 4.74 Å². The zero-order valence-electron chi connectivity index (χ0n) is 15.5. The molecule has 0 spiro atoms. The number of carbonyl (C=O) groups is 2. The summed E-state index contributed by atoms with van der Waals surface area (Å²) in [7, 11) is 0. The molecule has 27 heavy (non-hydrogen) atoms.